The molecular weight excluding hydrogens is 248 g/mol. The van der Waals surface area contributed by atoms with Crippen LogP contribution < -0.4 is 10.6 Å². The molecule has 0 radical (unpaired) electrons. The molecule has 0 saturated carbocycles. The summed E-state index contributed by atoms with van der Waals surface area (Å²) in [5.74, 6) is 1.06. The van der Waals surface area contributed by atoms with Gasteiger partial charge in [-0.2, -0.15) is 0 Å². The Bertz CT molecular complexity index is 533. The molecule has 0 amide bonds. The third kappa shape index (κ3) is 3.84. The van der Waals surface area contributed by atoms with E-state index in [0.29, 0.717) is 0 Å². The van der Waals surface area contributed by atoms with Gasteiger partial charge in [0.15, 0.2) is 0 Å². The Balaban J connectivity index is 2.05. The molecule has 0 fully saturated rings. The van der Waals surface area contributed by atoms with Gasteiger partial charge in [0.05, 0.1) is 0 Å². The SMILES string of the molecule is Cc1cccc(N(CCCN)CCn2ccnc2C)c1. The largest absolute Gasteiger partial charge is 0.370 e. The van der Waals surface area contributed by atoms with Gasteiger partial charge in [0.25, 0.3) is 0 Å². The first-order chi connectivity index (χ1) is 9.70. The van der Waals surface area contributed by atoms with Crippen LogP contribution in [0.5, 0.6) is 0 Å². The Labute approximate surface area is 121 Å². The molecule has 0 saturated heterocycles. The van der Waals surface area contributed by atoms with E-state index < -0.39 is 0 Å². The number of aromatic nitrogens is 2. The van der Waals surface area contributed by atoms with Crippen LogP contribution in [0.25, 0.3) is 0 Å². The van der Waals surface area contributed by atoms with Crippen LogP contribution in [0.3, 0.4) is 0 Å². The summed E-state index contributed by atoms with van der Waals surface area (Å²) >= 11 is 0. The molecule has 0 atom stereocenters. The molecule has 0 aliphatic carbocycles. The number of aryl methyl sites for hydroxylation is 2. The van der Waals surface area contributed by atoms with Crippen molar-refractivity contribution in [2.45, 2.75) is 26.8 Å². The van der Waals surface area contributed by atoms with E-state index >= 15 is 0 Å². The lowest BCUT2D eigenvalue weighted by Crippen LogP contribution is -2.29. The highest BCUT2D eigenvalue weighted by Gasteiger charge is 2.07. The van der Waals surface area contributed by atoms with Gasteiger partial charge in [0.2, 0.25) is 0 Å². The molecule has 0 bridgehead atoms. The zero-order valence-corrected chi connectivity index (χ0v) is 12.4. The molecule has 4 nitrogen and oxygen atoms in total. The van der Waals surface area contributed by atoms with Crippen molar-refractivity contribution in [1.29, 1.82) is 0 Å². The van der Waals surface area contributed by atoms with Gasteiger partial charge in [-0.25, -0.2) is 4.98 Å². The smallest absolute Gasteiger partial charge is 0.105 e. The number of hydrogen-bond donors (Lipinski definition) is 1. The van der Waals surface area contributed by atoms with Gasteiger partial charge in [-0.3, -0.25) is 0 Å². The highest BCUT2D eigenvalue weighted by molar-refractivity contribution is 5.48. The van der Waals surface area contributed by atoms with Crippen molar-refractivity contribution in [3.63, 3.8) is 0 Å². The van der Waals surface area contributed by atoms with Gasteiger partial charge in [-0.15, -0.1) is 0 Å². The van der Waals surface area contributed by atoms with Crippen LogP contribution in [0.4, 0.5) is 5.69 Å². The maximum Gasteiger partial charge on any atom is 0.105 e. The van der Waals surface area contributed by atoms with Crippen molar-refractivity contribution in [1.82, 2.24) is 9.55 Å². The fourth-order valence-electron chi connectivity index (χ4n) is 2.35. The van der Waals surface area contributed by atoms with Crippen LogP contribution in [-0.4, -0.2) is 29.2 Å². The zero-order valence-electron chi connectivity index (χ0n) is 12.4. The van der Waals surface area contributed by atoms with Gasteiger partial charge in [-0.05, 0) is 44.5 Å². The van der Waals surface area contributed by atoms with Gasteiger partial charge in [-0.1, -0.05) is 12.1 Å². The molecule has 20 heavy (non-hydrogen) atoms. The fraction of sp³-hybridized carbons (Fsp3) is 0.438. The van der Waals surface area contributed by atoms with Crippen molar-refractivity contribution < 1.29 is 0 Å². The summed E-state index contributed by atoms with van der Waals surface area (Å²) in [7, 11) is 0. The van der Waals surface area contributed by atoms with Crippen molar-refractivity contribution >= 4 is 5.69 Å². The van der Waals surface area contributed by atoms with E-state index in [0.717, 1.165) is 38.4 Å². The summed E-state index contributed by atoms with van der Waals surface area (Å²) in [6.45, 7) is 7.81. The Morgan fingerprint density at radius 2 is 2.10 bits per heavy atom. The molecule has 0 unspecified atom stereocenters. The Kier molecular flexibility index (Phi) is 5.18. The first-order valence-corrected chi connectivity index (χ1v) is 7.20. The predicted molar refractivity (Wildman–Crippen MR) is 84.0 cm³/mol. The van der Waals surface area contributed by atoms with Crippen LogP contribution in [0, 0.1) is 13.8 Å². The topological polar surface area (TPSA) is 47.1 Å². The number of nitrogens with two attached hydrogens (primary N) is 1. The monoisotopic (exact) mass is 272 g/mol. The minimum atomic E-state index is 0.729. The summed E-state index contributed by atoms with van der Waals surface area (Å²) < 4.78 is 2.19. The second-order valence-electron chi connectivity index (χ2n) is 5.14. The number of rotatable bonds is 7. The fourth-order valence-corrected chi connectivity index (χ4v) is 2.35. The highest BCUT2D eigenvalue weighted by atomic mass is 15.2. The summed E-state index contributed by atoms with van der Waals surface area (Å²) in [4.78, 5) is 6.67. The molecule has 108 valence electrons. The molecule has 2 aromatic rings. The molecule has 1 heterocycles. The molecule has 4 heteroatoms. The van der Waals surface area contributed by atoms with E-state index in [1.807, 2.05) is 19.3 Å². The normalized spacial score (nSPS) is 10.8. The predicted octanol–water partition coefficient (Wildman–Crippen LogP) is 2.36. The van der Waals surface area contributed by atoms with Crippen molar-refractivity contribution in [2.24, 2.45) is 5.73 Å². The molecule has 1 aromatic carbocycles. The molecule has 0 aliphatic rings. The molecule has 2 N–H and O–H groups in total. The van der Waals surface area contributed by atoms with Gasteiger partial charge in [0.1, 0.15) is 5.82 Å². The molecule has 0 spiro atoms. The third-order valence-corrected chi connectivity index (χ3v) is 3.53. The Hall–Kier alpha value is -1.81. The van der Waals surface area contributed by atoms with Crippen molar-refractivity contribution in [3.05, 3.63) is 48.0 Å². The molecule has 2 rings (SSSR count). The zero-order chi connectivity index (χ0) is 14.4. The van der Waals surface area contributed by atoms with E-state index in [1.165, 1.54) is 11.3 Å². The van der Waals surface area contributed by atoms with Gasteiger partial charge < -0.3 is 15.2 Å². The number of imidazole rings is 1. The number of nitrogens with zero attached hydrogens (tertiary/aromatic N) is 3. The third-order valence-electron chi connectivity index (χ3n) is 3.53. The minimum Gasteiger partial charge on any atom is -0.370 e. The Morgan fingerprint density at radius 1 is 1.25 bits per heavy atom. The molecule has 1 aromatic heterocycles. The van der Waals surface area contributed by atoms with Crippen LogP contribution in [0.1, 0.15) is 17.8 Å². The summed E-state index contributed by atoms with van der Waals surface area (Å²) in [6.07, 6.45) is 4.90. The van der Waals surface area contributed by atoms with Crippen LogP contribution in [0.15, 0.2) is 36.7 Å². The average Bonchev–Trinajstić information content (AvgIpc) is 2.84. The van der Waals surface area contributed by atoms with E-state index in [9.17, 15) is 0 Å². The lowest BCUT2D eigenvalue weighted by atomic mass is 10.2. The second kappa shape index (κ2) is 7.10. The standard InChI is InChI=1S/C16H24N4/c1-14-5-3-6-16(13-14)20(9-4-7-17)12-11-19-10-8-18-15(19)2/h3,5-6,8,10,13H,4,7,9,11-12,17H2,1-2H3. The lowest BCUT2D eigenvalue weighted by Gasteiger charge is -2.25. The average molecular weight is 272 g/mol. The van der Waals surface area contributed by atoms with E-state index in [2.05, 4.69) is 45.6 Å². The highest BCUT2D eigenvalue weighted by Crippen LogP contribution is 2.16. The summed E-state index contributed by atoms with van der Waals surface area (Å²) in [6, 6.07) is 8.65. The van der Waals surface area contributed by atoms with Crippen LogP contribution in [-0.2, 0) is 6.54 Å². The quantitative estimate of drug-likeness (QED) is 0.841. The molecule has 0 aliphatic heterocycles. The lowest BCUT2D eigenvalue weighted by molar-refractivity contribution is 0.629. The van der Waals surface area contributed by atoms with Crippen LogP contribution in [0.2, 0.25) is 0 Å². The minimum absolute atomic E-state index is 0.729. The maximum atomic E-state index is 5.66. The number of anilines is 1. The molecular formula is C16H24N4. The first-order valence-electron chi connectivity index (χ1n) is 7.20. The second-order valence-corrected chi connectivity index (χ2v) is 5.14. The van der Waals surface area contributed by atoms with E-state index in [1.54, 1.807) is 0 Å². The Morgan fingerprint density at radius 3 is 2.75 bits per heavy atom. The van der Waals surface area contributed by atoms with Crippen molar-refractivity contribution in [2.75, 3.05) is 24.5 Å². The van der Waals surface area contributed by atoms with Gasteiger partial charge in [0, 0.05) is 37.7 Å². The number of benzene rings is 1. The van der Waals surface area contributed by atoms with E-state index in [-0.39, 0.29) is 0 Å². The van der Waals surface area contributed by atoms with Crippen LogP contribution >= 0.6 is 0 Å². The number of hydrogen-bond acceptors (Lipinski definition) is 3. The summed E-state index contributed by atoms with van der Waals surface area (Å²) in [5.41, 5.74) is 8.22. The van der Waals surface area contributed by atoms with Gasteiger partial charge >= 0.3 is 0 Å². The first kappa shape index (κ1) is 14.6. The van der Waals surface area contributed by atoms with Crippen molar-refractivity contribution in [3.8, 4) is 0 Å². The maximum absolute atomic E-state index is 5.66. The van der Waals surface area contributed by atoms with E-state index in [4.69, 9.17) is 5.73 Å². The summed E-state index contributed by atoms with van der Waals surface area (Å²) in [5, 5.41) is 0.